The molecule has 1 aliphatic heterocycles. The molecule has 7 nitrogen and oxygen atoms in total. The lowest BCUT2D eigenvalue weighted by Gasteiger charge is -2.31. The molecule has 1 unspecified atom stereocenters. The first-order chi connectivity index (χ1) is 8.54. The van der Waals surface area contributed by atoms with Gasteiger partial charge >= 0.3 is 0 Å². The molecule has 0 aliphatic carbocycles. The van der Waals surface area contributed by atoms with Gasteiger partial charge in [0.1, 0.15) is 0 Å². The zero-order valence-electron chi connectivity index (χ0n) is 10.5. The highest BCUT2D eigenvalue weighted by atomic mass is 32.2. The van der Waals surface area contributed by atoms with E-state index in [-0.39, 0.29) is 11.1 Å². The summed E-state index contributed by atoms with van der Waals surface area (Å²) in [5.41, 5.74) is 0. The van der Waals surface area contributed by atoms with Crippen LogP contribution in [0.3, 0.4) is 0 Å². The Bertz CT molecular complexity index is 497. The van der Waals surface area contributed by atoms with Crippen molar-refractivity contribution < 1.29 is 13.2 Å². The van der Waals surface area contributed by atoms with Crippen LogP contribution >= 0.6 is 0 Å². The van der Waals surface area contributed by atoms with Crippen LogP contribution in [0.1, 0.15) is 0 Å². The van der Waals surface area contributed by atoms with E-state index in [0.717, 1.165) is 0 Å². The van der Waals surface area contributed by atoms with Crippen molar-refractivity contribution in [3.05, 3.63) is 12.5 Å². The molecule has 8 heteroatoms. The lowest BCUT2D eigenvalue weighted by molar-refractivity contribution is 0.000762. The summed E-state index contributed by atoms with van der Waals surface area (Å²) in [4.78, 5) is 3.91. The van der Waals surface area contributed by atoms with Gasteiger partial charge in [-0.15, -0.1) is 0 Å². The minimum Gasteiger partial charge on any atom is -0.374 e. The fraction of sp³-hybridized carbons (Fsp3) is 0.700. The third-order valence-electron chi connectivity index (χ3n) is 2.82. The maximum Gasteiger partial charge on any atom is 0.262 e. The predicted octanol–water partition coefficient (Wildman–Crippen LogP) is -0.971. The number of hydrogen-bond donors (Lipinski definition) is 1. The van der Waals surface area contributed by atoms with E-state index < -0.39 is 10.0 Å². The molecule has 18 heavy (non-hydrogen) atoms. The molecule has 2 heterocycles. The van der Waals surface area contributed by atoms with Crippen LogP contribution in [0.2, 0.25) is 0 Å². The maximum absolute atomic E-state index is 12.3. The van der Waals surface area contributed by atoms with Crippen molar-refractivity contribution in [1.82, 2.24) is 19.2 Å². The lowest BCUT2D eigenvalue weighted by atomic mass is 10.3. The van der Waals surface area contributed by atoms with Crippen LogP contribution in [0, 0.1) is 0 Å². The van der Waals surface area contributed by atoms with E-state index in [9.17, 15) is 8.42 Å². The van der Waals surface area contributed by atoms with Gasteiger partial charge in [0.2, 0.25) is 0 Å². The molecule has 1 fully saturated rings. The molecule has 102 valence electrons. The van der Waals surface area contributed by atoms with Crippen LogP contribution in [-0.2, 0) is 21.8 Å². The summed E-state index contributed by atoms with van der Waals surface area (Å²) < 4.78 is 33.2. The quantitative estimate of drug-likeness (QED) is 0.764. The standard InChI is InChI=1S/C10H18N4O3S/c1-11-5-9-6-14(3-4-17-9)18(15,16)10-7-13(2)8-12-10/h7-9,11H,3-6H2,1-2H3. The Morgan fingerprint density at radius 2 is 2.39 bits per heavy atom. The Labute approximate surface area is 107 Å². The lowest BCUT2D eigenvalue weighted by Crippen LogP contribution is -2.48. The summed E-state index contributed by atoms with van der Waals surface area (Å²) in [7, 11) is 0.0614. The number of nitrogens with zero attached hydrogens (tertiary/aromatic N) is 3. The summed E-state index contributed by atoms with van der Waals surface area (Å²) in [6.07, 6.45) is 2.89. The Hall–Kier alpha value is -0.960. The molecule has 0 amide bonds. The van der Waals surface area contributed by atoms with Crippen molar-refractivity contribution in [3.8, 4) is 0 Å². The zero-order valence-corrected chi connectivity index (χ0v) is 11.4. The van der Waals surface area contributed by atoms with Gasteiger partial charge in [-0.25, -0.2) is 13.4 Å². The first-order valence-electron chi connectivity index (χ1n) is 5.78. The van der Waals surface area contributed by atoms with Gasteiger partial charge in [0.25, 0.3) is 10.0 Å². The molecule has 1 aliphatic rings. The fourth-order valence-electron chi connectivity index (χ4n) is 1.92. The summed E-state index contributed by atoms with van der Waals surface area (Å²) in [5, 5.41) is 3.08. The number of aryl methyl sites for hydroxylation is 1. The molecule has 0 saturated carbocycles. The van der Waals surface area contributed by atoms with Crippen LogP contribution < -0.4 is 5.32 Å². The molecule has 1 aromatic rings. The third-order valence-corrected chi connectivity index (χ3v) is 4.57. The molecule has 1 N–H and O–H groups in total. The highest BCUT2D eigenvalue weighted by Gasteiger charge is 2.31. The van der Waals surface area contributed by atoms with Crippen molar-refractivity contribution in [2.75, 3.05) is 33.3 Å². The van der Waals surface area contributed by atoms with E-state index in [1.165, 1.54) is 16.8 Å². The van der Waals surface area contributed by atoms with Crippen LogP contribution in [0.15, 0.2) is 17.6 Å². The largest absolute Gasteiger partial charge is 0.374 e. The van der Waals surface area contributed by atoms with E-state index in [0.29, 0.717) is 26.2 Å². The van der Waals surface area contributed by atoms with Crippen LogP contribution in [0.5, 0.6) is 0 Å². The normalized spacial score (nSPS) is 22.2. The maximum atomic E-state index is 12.3. The second-order valence-electron chi connectivity index (χ2n) is 4.29. The fourth-order valence-corrected chi connectivity index (χ4v) is 3.34. The number of nitrogens with one attached hydrogen (secondary N) is 1. The van der Waals surface area contributed by atoms with E-state index >= 15 is 0 Å². The minimum absolute atomic E-state index is 0.0927. The second-order valence-corrected chi connectivity index (χ2v) is 6.18. The number of aromatic nitrogens is 2. The SMILES string of the molecule is CNCC1CN(S(=O)(=O)c2cn(C)cn2)CCO1. The van der Waals surface area contributed by atoms with Gasteiger partial charge in [0.05, 0.1) is 19.0 Å². The molecule has 0 radical (unpaired) electrons. The number of hydrogen-bond acceptors (Lipinski definition) is 5. The Balaban J connectivity index is 2.15. The zero-order chi connectivity index (χ0) is 13.2. The monoisotopic (exact) mass is 274 g/mol. The topological polar surface area (TPSA) is 76.5 Å². The van der Waals surface area contributed by atoms with Gasteiger partial charge in [-0.2, -0.15) is 4.31 Å². The number of morpholine rings is 1. The van der Waals surface area contributed by atoms with E-state index in [1.54, 1.807) is 11.6 Å². The number of likely N-dealkylation sites (N-methyl/N-ethyl adjacent to an activating group) is 1. The second kappa shape index (κ2) is 5.35. The van der Waals surface area contributed by atoms with Crippen molar-refractivity contribution in [2.24, 2.45) is 7.05 Å². The van der Waals surface area contributed by atoms with Crippen LogP contribution in [0.25, 0.3) is 0 Å². The van der Waals surface area contributed by atoms with Crippen molar-refractivity contribution in [1.29, 1.82) is 0 Å². The molecule has 0 aromatic carbocycles. The Kier molecular flexibility index (Phi) is 4.00. The van der Waals surface area contributed by atoms with Gasteiger partial charge in [0, 0.05) is 32.9 Å². The van der Waals surface area contributed by atoms with Gasteiger partial charge in [-0.1, -0.05) is 0 Å². The van der Waals surface area contributed by atoms with Gasteiger partial charge in [0.15, 0.2) is 5.03 Å². The predicted molar refractivity (Wildman–Crippen MR) is 65.6 cm³/mol. The third kappa shape index (κ3) is 2.72. The molecule has 1 saturated heterocycles. The van der Waals surface area contributed by atoms with Crippen molar-refractivity contribution in [2.45, 2.75) is 11.1 Å². The van der Waals surface area contributed by atoms with Gasteiger partial charge < -0.3 is 14.6 Å². The Morgan fingerprint density at radius 1 is 1.61 bits per heavy atom. The smallest absolute Gasteiger partial charge is 0.262 e. The van der Waals surface area contributed by atoms with E-state index in [4.69, 9.17) is 4.74 Å². The first-order valence-corrected chi connectivity index (χ1v) is 7.22. The van der Waals surface area contributed by atoms with E-state index in [1.807, 2.05) is 7.05 Å². The number of imidazole rings is 1. The summed E-state index contributed by atoms with van der Waals surface area (Å²) in [6, 6.07) is 0. The number of sulfonamides is 1. The molecular formula is C10H18N4O3S. The molecule has 1 aromatic heterocycles. The average Bonchev–Trinajstić information content (AvgIpc) is 2.77. The molecule has 0 spiro atoms. The summed E-state index contributed by atoms with van der Waals surface area (Å²) in [6.45, 7) is 1.78. The van der Waals surface area contributed by atoms with Gasteiger partial charge in [-0.3, -0.25) is 0 Å². The minimum atomic E-state index is -3.50. The molecule has 2 rings (SSSR count). The van der Waals surface area contributed by atoms with Crippen LogP contribution in [-0.4, -0.2) is 61.7 Å². The van der Waals surface area contributed by atoms with Crippen molar-refractivity contribution in [3.63, 3.8) is 0 Å². The van der Waals surface area contributed by atoms with Gasteiger partial charge in [-0.05, 0) is 7.05 Å². The molecule has 1 atom stereocenters. The summed E-state index contributed by atoms with van der Waals surface area (Å²) in [5.74, 6) is 0. The highest BCUT2D eigenvalue weighted by Crippen LogP contribution is 2.16. The van der Waals surface area contributed by atoms with Crippen LogP contribution in [0.4, 0.5) is 0 Å². The number of rotatable bonds is 4. The molecular weight excluding hydrogens is 256 g/mol. The number of ether oxygens (including phenoxy) is 1. The average molecular weight is 274 g/mol. The van der Waals surface area contributed by atoms with Crippen molar-refractivity contribution >= 4 is 10.0 Å². The van der Waals surface area contributed by atoms with E-state index in [2.05, 4.69) is 10.3 Å². The molecule has 0 bridgehead atoms. The highest BCUT2D eigenvalue weighted by molar-refractivity contribution is 7.89. The summed E-state index contributed by atoms with van der Waals surface area (Å²) >= 11 is 0. The first kappa shape index (κ1) is 13.5. The Morgan fingerprint density at radius 3 is 3.00 bits per heavy atom.